The monoisotopic (exact) mass is 560 g/mol. The normalized spacial score (nSPS) is 14.5. The molecule has 0 radical (unpaired) electrons. The van der Waals surface area contributed by atoms with Crippen LogP contribution in [0.2, 0.25) is 0 Å². The van der Waals surface area contributed by atoms with Gasteiger partial charge in [0.15, 0.2) is 13.2 Å². The first-order chi connectivity index (χ1) is 15.4. The largest absolute Gasteiger partial charge is 0.459 e. The average Bonchev–Trinajstić information content (AvgIpc) is 2.70. The fourth-order valence-corrected chi connectivity index (χ4v) is 1.81. The summed E-state index contributed by atoms with van der Waals surface area (Å²) in [6.45, 7) is -5.68. The van der Waals surface area contributed by atoms with E-state index in [1.807, 2.05) is 0 Å². The molecule has 35 heavy (non-hydrogen) atoms. The van der Waals surface area contributed by atoms with Crippen LogP contribution in [0.25, 0.3) is 0 Å². The molecule has 0 saturated carbocycles. The van der Waals surface area contributed by atoms with Crippen molar-refractivity contribution in [2.45, 2.75) is 67.6 Å². The summed E-state index contributed by atoms with van der Waals surface area (Å²) in [5.41, 5.74) is 0. The highest BCUT2D eigenvalue weighted by molar-refractivity contribution is 5.72. The number of ether oxygens (including phenoxy) is 2. The minimum absolute atomic E-state index is 0.956. The molecule has 0 aliphatic carbocycles. The molecule has 0 aromatic heterocycles. The van der Waals surface area contributed by atoms with E-state index in [4.69, 9.17) is 0 Å². The average molecular weight is 560 g/mol. The molecule has 20 heteroatoms. The Morgan fingerprint density at radius 1 is 0.543 bits per heavy atom. The summed E-state index contributed by atoms with van der Waals surface area (Å²) in [6.07, 6.45) is -13.9. The van der Waals surface area contributed by atoms with Crippen LogP contribution in [0, 0.1) is 0 Å². The summed E-state index contributed by atoms with van der Waals surface area (Å²) in [6, 6.07) is 0. The van der Waals surface area contributed by atoms with Gasteiger partial charge in [0.05, 0.1) is 0 Å². The van der Waals surface area contributed by atoms with Crippen molar-refractivity contribution in [3.63, 3.8) is 0 Å². The molecule has 4 nitrogen and oxygen atoms in total. The smallest absolute Gasteiger partial charge is 0.381 e. The Labute approximate surface area is 183 Å². The first kappa shape index (κ1) is 32.8. The third-order valence-corrected chi connectivity index (χ3v) is 3.89. The van der Waals surface area contributed by atoms with Gasteiger partial charge in [0.1, 0.15) is 0 Å². The van der Waals surface area contributed by atoms with Crippen molar-refractivity contribution in [3.8, 4) is 0 Å². The van der Waals surface area contributed by atoms with Crippen LogP contribution < -0.4 is 0 Å². The number of halogens is 16. The van der Waals surface area contributed by atoms with Gasteiger partial charge < -0.3 is 9.47 Å². The fourth-order valence-electron chi connectivity index (χ4n) is 1.81. The van der Waals surface area contributed by atoms with Crippen LogP contribution >= 0.6 is 0 Å². The van der Waals surface area contributed by atoms with E-state index < -0.39 is 92.8 Å². The molecule has 0 aliphatic rings. The number of alkyl halides is 16. The lowest BCUT2D eigenvalue weighted by molar-refractivity contribution is -0.344. The van der Waals surface area contributed by atoms with Crippen molar-refractivity contribution >= 4 is 11.9 Å². The zero-order valence-corrected chi connectivity index (χ0v) is 16.4. The molecule has 0 N–H and O–H groups in total. The number of hydrogen-bond donors (Lipinski definition) is 0. The predicted molar refractivity (Wildman–Crippen MR) is 77.5 cm³/mol. The van der Waals surface area contributed by atoms with E-state index in [1.165, 1.54) is 0 Å². The Bertz CT molecular complexity index is 676. The van der Waals surface area contributed by atoms with Crippen molar-refractivity contribution in [1.29, 1.82) is 0 Å². The summed E-state index contributed by atoms with van der Waals surface area (Å²) in [5, 5.41) is 0. The Hall–Kier alpha value is -2.18. The molecule has 0 aromatic rings. The second kappa shape index (κ2) is 10.8. The minimum atomic E-state index is -6.69. The highest BCUT2D eigenvalue weighted by Crippen LogP contribution is 2.49. The topological polar surface area (TPSA) is 52.6 Å². The summed E-state index contributed by atoms with van der Waals surface area (Å²) >= 11 is 0. The summed E-state index contributed by atoms with van der Waals surface area (Å²) in [7, 11) is 0. The van der Waals surface area contributed by atoms with Gasteiger partial charge in [-0.15, -0.1) is 0 Å². The van der Waals surface area contributed by atoms with E-state index in [0.29, 0.717) is 0 Å². The summed E-state index contributed by atoms with van der Waals surface area (Å²) in [4.78, 5) is 22.3. The lowest BCUT2D eigenvalue weighted by atomic mass is 10.1. The van der Waals surface area contributed by atoms with Gasteiger partial charge >= 0.3 is 60.3 Å². The van der Waals surface area contributed by atoms with Gasteiger partial charge in [0.25, 0.3) is 0 Å². The molecule has 0 rings (SSSR count). The Balaban J connectivity index is 4.75. The van der Waals surface area contributed by atoms with Gasteiger partial charge in [0, 0.05) is 12.8 Å². The third kappa shape index (κ3) is 6.95. The van der Waals surface area contributed by atoms with Gasteiger partial charge in [-0.25, -0.2) is 17.6 Å². The van der Waals surface area contributed by atoms with Crippen LogP contribution in [0.4, 0.5) is 70.2 Å². The van der Waals surface area contributed by atoms with Crippen molar-refractivity contribution in [2.24, 2.45) is 0 Å². The van der Waals surface area contributed by atoms with Gasteiger partial charge in [-0.1, -0.05) is 0 Å². The van der Waals surface area contributed by atoms with E-state index in [-0.39, 0.29) is 0 Å². The minimum Gasteiger partial charge on any atom is -0.459 e. The molecule has 0 spiro atoms. The highest BCUT2D eigenvalue weighted by Gasteiger charge is 2.76. The Kier molecular flexibility index (Phi) is 10.2. The van der Waals surface area contributed by atoms with Gasteiger partial charge in [-0.05, 0) is 6.42 Å². The van der Waals surface area contributed by atoms with Gasteiger partial charge in [-0.2, -0.15) is 52.7 Å². The maximum absolute atomic E-state index is 13.2. The molecular weight excluding hydrogens is 548 g/mol. The van der Waals surface area contributed by atoms with E-state index >= 15 is 0 Å². The van der Waals surface area contributed by atoms with Crippen molar-refractivity contribution in [3.05, 3.63) is 0 Å². The first-order valence-electron chi connectivity index (χ1n) is 8.53. The fraction of sp³-hybridized carbons (Fsp3) is 0.867. The van der Waals surface area contributed by atoms with Crippen molar-refractivity contribution < 1.29 is 89.3 Å². The van der Waals surface area contributed by atoms with Crippen LogP contribution in [0.3, 0.4) is 0 Å². The lowest BCUT2D eigenvalue weighted by Gasteiger charge is -2.31. The predicted octanol–water partition coefficient (Wildman–Crippen LogP) is 5.59. The standard InChI is InChI=1S/C15H12F16O4/c16-8(17)12(24,25)14(28,29)10(20,21)4-34-6(32)2-1-3-7(33)35-5-11(22,23)15(30,31)13(26,27)9(18)19/h8-9H,1-5H2. The SMILES string of the molecule is O=C(CCCC(=O)OCC(F)(F)C(F)(F)C(F)(F)C(F)F)OCC(F)(F)C(F)(F)C(F)(F)C(F)F. The quantitative estimate of drug-likeness (QED) is 0.206. The van der Waals surface area contributed by atoms with Crippen LogP contribution in [0.5, 0.6) is 0 Å². The molecule has 0 aliphatic heterocycles. The van der Waals surface area contributed by atoms with Gasteiger partial charge in [-0.3, -0.25) is 9.59 Å². The number of rotatable bonds is 14. The zero-order chi connectivity index (χ0) is 28.3. The second-order valence-electron chi connectivity index (χ2n) is 6.58. The number of hydrogen-bond acceptors (Lipinski definition) is 4. The number of esters is 2. The van der Waals surface area contributed by atoms with E-state index in [9.17, 15) is 79.8 Å². The van der Waals surface area contributed by atoms with E-state index in [0.717, 1.165) is 0 Å². The summed E-state index contributed by atoms with van der Waals surface area (Å²) < 4.78 is 210. The van der Waals surface area contributed by atoms with Crippen LogP contribution in [0.1, 0.15) is 19.3 Å². The van der Waals surface area contributed by atoms with Crippen LogP contribution in [-0.2, 0) is 19.1 Å². The van der Waals surface area contributed by atoms with Crippen LogP contribution in [0.15, 0.2) is 0 Å². The zero-order valence-electron chi connectivity index (χ0n) is 16.4. The molecular formula is C15H12F16O4. The van der Waals surface area contributed by atoms with Crippen molar-refractivity contribution in [1.82, 2.24) is 0 Å². The molecule has 0 bridgehead atoms. The Morgan fingerprint density at radius 2 is 0.800 bits per heavy atom. The van der Waals surface area contributed by atoms with Crippen molar-refractivity contribution in [2.75, 3.05) is 13.2 Å². The first-order valence-corrected chi connectivity index (χ1v) is 8.53. The number of carbonyl (C=O) groups excluding carboxylic acids is 2. The molecule has 0 heterocycles. The van der Waals surface area contributed by atoms with E-state index in [2.05, 4.69) is 9.47 Å². The Morgan fingerprint density at radius 3 is 1.03 bits per heavy atom. The molecule has 0 aromatic carbocycles. The van der Waals surface area contributed by atoms with Gasteiger partial charge in [0.2, 0.25) is 0 Å². The molecule has 0 saturated heterocycles. The van der Waals surface area contributed by atoms with Crippen LogP contribution in [-0.4, -0.2) is 73.5 Å². The third-order valence-electron chi connectivity index (χ3n) is 3.89. The number of carbonyl (C=O) groups is 2. The summed E-state index contributed by atoms with van der Waals surface area (Å²) in [5.74, 6) is -42.4. The maximum atomic E-state index is 13.2. The molecule has 0 atom stereocenters. The molecule has 0 amide bonds. The second-order valence-corrected chi connectivity index (χ2v) is 6.58. The lowest BCUT2D eigenvalue weighted by Crippen LogP contribution is -2.59. The maximum Gasteiger partial charge on any atom is 0.381 e. The molecule has 0 unspecified atom stereocenters. The molecule has 0 fully saturated rings. The molecule has 208 valence electrons. The van der Waals surface area contributed by atoms with E-state index in [1.54, 1.807) is 0 Å². The highest BCUT2D eigenvalue weighted by atomic mass is 19.4.